The van der Waals surface area contributed by atoms with E-state index in [9.17, 15) is 14.0 Å². The van der Waals surface area contributed by atoms with Crippen LogP contribution in [0.15, 0.2) is 53.6 Å². The summed E-state index contributed by atoms with van der Waals surface area (Å²) in [6.45, 7) is 3.19. The number of anilines is 1. The summed E-state index contributed by atoms with van der Waals surface area (Å²) >= 11 is 0. The van der Waals surface area contributed by atoms with Gasteiger partial charge in [-0.25, -0.2) is 28.4 Å². The Kier molecular flexibility index (Phi) is 5.93. The minimum absolute atomic E-state index is 0.00577. The van der Waals surface area contributed by atoms with Crippen molar-refractivity contribution in [2.75, 3.05) is 11.9 Å². The molecule has 10 heteroatoms. The molecule has 0 aliphatic heterocycles. The van der Waals surface area contributed by atoms with Gasteiger partial charge in [-0.15, -0.1) is 0 Å². The van der Waals surface area contributed by atoms with Gasteiger partial charge in [0.2, 0.25) is 5.91 Å². The van der Waals surface area contributed by atoms with Crippen LogP contribution in [0.3, 0.4) is 0 Å². The fourth-order valence-corrected chi connectivity index (χ4v) is 2.76. The van der Waals surface area contributed by atoms with Crippen molar-refractivity contribution in [3.05, 3.63) is 64.9 Å². The molecule has 0 saturated heterocycles. The lowest BCUT2D eigenvalue weighted by atomic mass is 10.1. The number of nitrogens with one attached hydrogen (secondary N) is 1. The average Bonchev–Trinajstić information content (AvgIpc) is 3.05. The van der Waals surface area contributed by atoms with Crippen LogP contribution < -0.4 is 16.7 Å². The molecule has 0 fully saturated rings. The summed E-state index contributed by atoms with van der Waals surface area (Å²) in [5, 5.41) is 6.64. The molecule has 0 aromatic carbocycles. The monoisotopic (exact) mass is 397 g/mol. The van der Waals surface area contributed by atoms with Crippen molar-refractivity contribution in [2.24, 2.45) is 5.73 Å². The van der Waals surface area contributed by atoms with Crippen molar-refractivity contribution in [2.45, 2.75) is 20.4 Å². The molecule has 0 aliphatic rings. The Morgan fingerprint density at radius 1 is 1.31 bits per heavy atom. The molecule has 3 N–H and O–H groups in total. The Bertz CT molecular complexity index is 1130. The van der Waals surface area contributed by atoms with Gasteiger partial charge < -0.3 is 11.1 Å². The van der Waals surface area contributed by atoms with Gasteiger partial charge in [-0.05, 0) is 41.8 Å². The predicted molar refractivity (Wildman–Crippen MR) is 106 cm³/mol. The van der Waals surface area contributed by atoms with Gasteiger partial charge in [0.15, 0.2) is 0 Å². The fraction of sp³-hybridized carbons (Fsp3) is 0.211. The number of rotatable bonds is 6. The van der Waals surface area contributed by atoms with Gasteiger partial charge in [0.25, 0.3) is 0 Å². The quantitative estimate of drug-likeness (QED) is 0.651. The number of pyridine rings is 2. The molecule has 0 bridgehead atoms. The van der Waals surface area contributed by atoms with Crippen LogP contribution in [0.2, 0.25) is 0 Å². The molecular weight excluding hydrogens is 377 g/mol. The molecule has 0 spiro atoms. The zero-order chi connectivity index (χ0) is 21.0. The summed E-state index contributed by atoms with van der Waals surface area (Å²) in [5.74, 6) is 0.640. The van der Waals surface area contributed by atoms with Crippen molar-refractivity contribution in [3.8, 4) is 16.9 Å². The number of nitrogens with two attached hydrogens (primary N) is 1. The number of halogens is 1. The van der Waals surface area contributed by atoms with E-state index in [-0.39, 0.29) is 24.6 Å². The third kappa shape index (κ3) is 4.43. The normalized spacial score (nSPS) is 11.5. The smallest absolute Gasteiger partial charge is 0.327 e. The maximum Gasteiger partial charge on any atom is 0.351 e. The summed E-state index contributed by atoms with van der Waals surface area (Å²) in [6.07, 6.45) is 4.93. The lowest BCUT2D eigenvalue weighted by Gasteiger charge is -2.09. The molecule has 150 valence electrons. The highest BCUT2D eigenvalue weighted by Gasteiger charge is 2.13. The third-order valence-electron chi connectivity index (χ3n) is 4.18. The highest BCUT2D eigenvalue weighted by atomic mass is 19.1. The maximum absolute atomic E-state index is 12.7. The summed E-state index contributed by atoms with van der Waals surface area (Å²) < 4.78 is 15.2. The molecule has 0 aliphatic carbocycles. The molecule has 29 heavy (non-hydrogen) atoms. The number of carbonyl (C=O) groups excluding carboxylic acids is 1. The second kappa shape index (κ2) is 8.57. The first kappa shape index (κ1) is 20.1. The largest absolute Gasteiger partial charge is 0.351 e. The topological polar surface area (TPSA) is 121 Å². The minimum atomic E-state index is -0.446. The molecule has 0 unspecified atom stereocenters. The number of nitrogens with zero attached hydrogens (tertiary/aromatic N) is 5. The lowest BCUT2D eigenvalue weighted by molar-refractivity contribution is -0.114. The lowest BCUT2D eigenvalue weighted by Crippen LogP contribution is -2.26. The van der Waals surface area contributed by atoms with E-state index in [1.165, 1.54) is 17.8 Å². The maximum atomic E-state index is 12.7. The summed E-state index contributed by atoms with van der Waals surface area (Å²) in [5.41, 5.74) is 7.59. The Morgan fingerprint density at radius 3 is 2.76 bits per heavy atom. The first-order chi connectivity index (χ1) is 13.9. The Balaban J connectivity index is 1.92. The molecule has 3 aromatic rings. The van der Waals surface area contributed by atoms with Gasteiger partial charge in [0, 0.05) is 31.4 Å². The van der Waals surface area contributed by atoms with Crippen molar-refractivity contribution < 1.29 is 9.18 Å². The number of carbonyl (C=O) groups is 1. The summed E-state index contributed by atoms with van der Waals surface area (Å²) in [7, 11) is 0. The first-order valence-electron chi connectivity index (χ1n) is 8.76. The van der Waals surface area contributed by atoms with E-state index in [0.717, 1.165) is 21.4 Å². The van der Waals surface area contributed by atoms with Crippen molar-refractivity contribution in [3.63, 3.8) is 0 Å². The zero-order valence-electron chi connectivity index (χ0n) is 16.0. The second-order valence-electron chi connectivity index (χ2n) is 6.39. The van der Waals surface area contributed by atoms with Gasteiger partial charge in [-0.2, -0.15) is 5.10 Å². The van der Waals surface area contributed by atoms with Crippen molar-refractivity contribution in [1.29, 1.82) is 0 Å². The van der Waals surface area contributed by atoms with Gasteiger partial charge in [-0.1, -0.05) is 0 Å². The minimum Gasteiger partial charge on any atom is -0.327 e. The number of hydrogen-bond donors (Lipinski definition) is 2. The first-order valence-corrected chi connectivity index (χ1v) is 8.76. The molecule has 1 amide bonds. The molecule has 9 nitrogen and oxygen atoms in total. The van der Waals surface area contributed by atoms with Crippen LogP contribution in [0.5, 0.6) is 0 Å². The molecule has 0 saturated carbocycles. The third-order valence-corrected chi connectivity index (χ3v) is 4.18. The number of hydrogen-bond acceptors (Lipinski definition) is 6. The van der Waals surface area contributed by atoms with Crippen LogP contribution in [-0.4, -0.2) is 36.8 Å². The average molecular weight is 397 g/mol. The predicted octanol–water partition coefficient (Wildman–Crippen LogP) is 1.57. The van der Waals surface area contributed by atoms with Crippen LogP contribution in [0.25, 0.3) is 16.9 Å². The second-order valence-corrected chi connectivity index (χ2v) is 6.39. The summed E-state index contributed by atoms with van der Waals surface area (Å²) in [4.78, 5) is 32.3. The van der Waals surface area contributed by atoms with E-state index in [1.54, 1.807) is 24.5 Å². The van der Waals surface area contributed by atoms with Gasteiger partial charge in [0.05, 0.1) is 12.9 Å². The van der Waals surface area contributed by atoms with Crippen molar-refractivity contribution >= 4 is 11.7 Å². The van der Waals surface area contributed by atoms with E-state index in [1.807, 2.05) is 13.0 Å². The highest BCUT2D eigenvalue weighted by Crippen LogP contribution is 2.23. The number of aromatic nitrogens is 5. The van der Waals surface area contributed by atoms with Crippen LogP contribution in [0, 0.1) is 6.92 Å². The molecule has 3 heterocycles. The van der Waals surface area contributed by atoms with E-state index in [2.05, 4.69) is 20.4 Å². The summed E-state index contributed by atoms with van der Waals surface area (Å²) in [6, 6.07) is 5.40. The number of aryl methyl sites for hydroxylation is 1. The Hall–Kier alpha value is -3.66. The van der Waals surface area contributed by atoms with E-state index >= 15 is 0 Å². The van der Waals surface area contributed by atoms with E-state index in [4.69, 9.17) is 5.73 Å². The van der Waals surface area contributed by atoms with Crippen LogP contribution >= 0.6 is 0 Å². The van der Waals surface area contributed by atoms with E-state index < -0.39 is 5.69 Å². The van der Waals surface area contributed by atoms with E-state index in [0.29, 0.717) is 18.0 Å². The molecule has 3 aromatic heterocycles. The van der Waals surface area contributed by atoms with Crippen LogP contribution in [0.4, 0.5) is 10.2 Å². The molecule has 0 atom stereocenters. The molecular formula is C19H20FN7O2. The van der Waals surface area contributed by atoms with Crippen LogP contribution in [0.1, 0.15) is 12.5 Å². The Morgan fingerprint density at radius 2 is 2.10 bits per heavy atom. The molecule has 3 rings (SSSR count). The van der Waals surface area contributed by atoms with Crippen LogP contribution in [-0.2, 0) is 11.3 Å². The fourth-order valence-electron chi connectivity index (χ4n) is 2.76. The molecule has 0 radical (unpaired) electrons. The van der Waals surface area contributed by atoms with Gasteiger partial charge in [0.1, 0.15) is 18.0 Å². The zero-order valence-corrected chi connectivity index (χ0v) is 16.0. The van der Waals surface area contributed by atoms with Gasteiger partial charge >= 0.3 is 5.69 Å². The van der Waals surface area contributed by atoms with Gasteiger partial charge in [-0.3, -0.25) is 4.79 Å². The highest BCUT2D eigenvalue weighted by molar-refractivity contribution is 5.88. The Labute approximate surface area is 165 Å². The van der Waals surface area contributed by atoms with Crippen molar-refractivity contribution in [1.82, 2.24) is 24.3 Å². The number of amides is 1. The SMILES string of the molecule is CC(=O)Nc1cc(-c2cnc(-n3cnn(C/C(=C/F)CN)c3=O)c(C)c2)ccn1. The standard InChI is InChI=1S/C19H20FN7O2/c1-12-5-16(15-3-4-22-17(6-15)25-13(2)28)9-23-18(12)26-11-24-27(19(26)29)10-14(7-20)8-21/h3-7,9,11H,8,10,21H2,1-2H3,(H,22,25,28)/b14-7+.